The largest absolute Gasteiger partial charge is 0.428 e. The van der Waals surface area contributed by atoms with E-state index in [4.69, 9.17) is 4.74 Å². The van der Waals surface area contributed by atoms with Crippen LogP contribution in [0.5, 0.6) is 5.75 Å². The predicted octanol–water partition coefficient (Wildman–Crippen LogP) is 2.30. The molecule has 2 rings (SSSR count). The first-order chi connectivity index (χ1) is 7.72. The summed E-state index contributed by atoms with van der Waals surface area (Å²) in [6, 6.07) is 3.66. The minimum absolute atomic E-state index is 0.456. The fourth-order valence-corrected chi connectivity index (χ4v) is 1.82. The maximum Gasteiger partial charge on any atom is 0.298 e. The highest BCUT2D eigenvalue weighted by Gasteiger charge is 2.12. The zero-order chi connectivity index (χ0) is 11.5. The number of hydrogen-bond donors (Lipinski definition) is 1. The number of imidazole rings is 1. The summed E-state index contributed by atoms with van der Waals surface area (Å²) in [6.45, 7) is 4.70. The van der Waals surface area contributed by atoms with Gasteiger partial charge in [-0.15, -0.1) is 0 Å². The number of rotatable bonds is 4. The van der Waals surface area contributed by atoms with Gasteiger partial charge >= 0.3 is 0 Å². The van der Waals surface area contributed by atoms with Crippen molar-refractivity contribution >= 4 is 17.5 Å². The van der Waals surface area contributed by atoms with Crippen LogP contribution in [0.15, 0.2) is 18.5 Å². The molecule has 4 nitrogen and oxygen atoms in total. The van der Waals surface area contributed by atoms with Crippen LogP contribution in [-0.2, 0) is 11.2 Å². The number of carbonyl (C=O) groups excluding carboxylic acids is 1. The Hall–Kier alpha value is -1.84. The highest BCUT2D eigenvalue weighted by molar-refractivity contribution is 5.81. The monoisotopic (exact) mass is 218 g/mol. The van der Waals surface area contributed by atoms with Crippen LogP contribution in [0.25, 0.3) is 11.0 Å². The Kier molecular flexibility index (Phi) is 2.90. The second-order valence-corrected chi connectivity index (χ2v) is 4.15. The molecule has 1 aromatic heterocycles. The van der Waals surface area contributed by atoms with Crippen molar-refractivity contribution in [1.29, 1.82) is 0 Å². The molecule has 0 amide bonds. The SMILES string of the molecule is CC(C)Cc1c(OC=O)ccc2[nH]cnc12. The van der Waals surface area contributed by atoms with Crippen LogP contribution in [0.2, 0.25) is 0 Å². The fourth-order valence-electron chi connectivity index (χ4n) is 1.82. The van der Waals surface area contributed by atoms with Crippen molar-refractivity contribution in [1.82, 2.24) is 9.97 Å². The van der Waals surface area contributed by atoms with Crippen LogP contribution in [0.1, 0.15) is 19.4 Å². The van der Waals surface area contributed by atoms with Gasteiger partial charge in [0.1, 0.15) is 5.75 Å². The summed E-state index contributed by atoms with van der Waals surface area (Å²) in [5.74, 6) is 1.08. The second-order valence-electron chi connectivity index (χ2n) is 4.15. The van der Waals surface area contributed by atoms with Gasteiger partial charge in [0.2, 0.25) is 0 Å². The molecule has 0 radical (unpaired) electrons. The lowest BCUT2D eigenvalue weighted by Crippen LogP contribution is -2.00. The first kappa shape index (κ1) is 10.7. The van der Waals surface area contributed by atoms with Gasteiger partial charge < -0.3 is 9.72 Å². The normalized spacial score (nSPS) is 10.9. The third-order valence-corrected chi connectivity index (χ3v) is 2.44. The average molecular weight is 218 g/mol. The van der Waals surface area contributed by atoms with Crippen LogP contribution < -0.4 is 4.74 Å². The molecule has 0 spiro atoms. The van der Waals surface area contributed by atoms with Crippen LogP contribution in [0.4, 0.5) is 0 Å². The van der Waals surface area contributed by atoms with Gasteiger partial charge in [0.25, 0.3) is 6.47 Å². The maximum absolute atomic E-state index is 10.4. The summed E-state index contributed by atoms with van der Waals surface area (Å²) in [6.07, 6.45) is 2.49. The number of ether oxygens (including phenoxy) is 1. The Morgan fingerprint density at radius 3 is 3.00 bits per heavy atom. The molecule has 0 saturated heterocycles. The van der Waals surface area contributed by atoms with Crippen LogP contribution in [0, 0.1) is 5.92 Å². The molecule has 0 saturated carbocycles. The number of hydrogen-bond acceptors (Lipinski definition) is 3. The number of carbonyl (C=O) groups is 1. The van der Waals surface area contributed by atoms with Gasteiger partial charge in [-0.3, -0.25) is 4.79 Å². The summed E-state index contributed by atoms with van der Waals surface area (Å²) in [5.41, 5.74) is 2.84. The van der Waals surface area contributed by atoms with Crippen molar-refractivity contribution in [2.45, 2.75) is 20.3 Å². The molecular weight excluding hydrogens is 204 g/mol. The highest BCUT2D eigenvalue weighted by Crippen LogP contribution is 2.28. The molecule has 4 heteroatoms. The molecule has 1 N–H and O–H groups in total. The van der Waals surface area contributed by atoms with E-state index < -0.39 is 0 Å². The summed E-state index contributed by atoms with van der Waals surface area (Å²) in [5, 5.41) is 0. The smallest absolute Gasteiger partial charge is 0.298 e. The molecular formula is C12H14N2O2. The topological polar surface area (TPSA) is 55.0 Å². The van der Waals surface area contributed by atoms with E-state index >= 15 is 0 Å². The van der Waals surface area contributed by atoms with Crippen molar-refractivity contribution in [3.63, 3.8) is 0 Å². The fraction of sp³-hybridized carbons (Fsp3) is 0.333. The molecule has 0 aliphatic heterocycles. The molecule has 0 atom stereocenters. The molecule has 1 aromatic carbocycles. The van der Waals surface area contributed by atoms with Crippen LogP contribution in [0.3, 0.4) is 0 Å². The number of nitrogens with zero attached hydrogens (tertiary/aromatic N) is 1. The van der Waals surface area contributed by atoms with Gasteiger partial charge in [-0.1, -0.05) is 13.8 Å². The quantitative estimate of drug-likeness (QED) is 0.801. The number of aromatic nitrogens is 2. The minimum Gasteiger partial charge on any atom is -0.428 e. The number of aromatic amines is 1. The Bertz CT molecular complexity index is 503. The zero-order valence-electron chi connectivity index (χ0n) is 9.36. The van der Waals surface area contributed by atoms with E-state index in [1.807, 2.05) is 6.07 Å². The maximum atomic E-state index is 10.4. The van der Waals surface area contributed by atoms with E-state index in [0.717, 1.165) is 23.0 Å². The van der Waals surface area contributed by atoms with Gasteiger partial charge in [0, 0.05) is 5.56 Å². The molecule has 0 aliphatic rings. The summed E-state index contributed by atoms with van der Waals surface area (Å²) in [7, 11) is 0. The second kappa shape index (κ2) is 4.35. The molecule has 1 heterocycles. The predicted molar refractivity (Wildman–Crippen MR) is 61.3 cm³/mol. The Labute approximate surface area is 93.6 Å². The first-order valence-electron chi connectivity index (χ1n) is 5.27. The number of benzene rings is 1. The number of H-pyrrole nitrogens is 1. The number of fused-ring (bicyclic) bond motifs is 1. The number of nitrogens with one attached hydrogen (secondary N) is 1. The van der Waals surface area contributed by atoms with Gasteiger partial charge in [-0.25, -0.2) is 4.98 Å². The summed E-state index contributed by atoms with van der Waals surface area (Å²) >= 11 is 0. The molecule has 84 valence electrons. The average Bonchev–Trinajstić information content (AvgIpc) is 2.69. The molecule has 0 fully saturated rings. The van der Waals surface area contributed by atoms with Crippen molar-refractivity contribution in [3.05, 3.63) is 24.0 Å². The molecule has 0 unspecified atom stereocenters. The zero-order valence-corrected chi connectivity index (χ0v) is 9.36. The van der Waals surface area contributed by atoms with Gasteiger partial charge in [0.15, 0.2) is 0 Å². The van der Waals surface area contributed by atoms with Crippen LogP contribution >= 0.6 is 0 Å². The molecule has 16 heavy (non-hydrogen) atoms. The van der Waals surface area contributed by atoms with Crippen LogP contribution in [-0.4, -0.2) is 16.4 Å². The Morgan fingerprint density at radius 2 is 2.31 bits per heavy atom. The third-order valence-electron chi connectivity index (χ3n) is 2.44. The van der Waals surface area contributed by atoms with E-state index in [1.165, 1.54) is 0 Å². The lowest BCUT2D eigenvalue weighted by Gasteiger charge is -2.10. The van der Waals surface area contributed by atoms with Crippen molar-refractivity contribution in [3.8, 4) is 5.75 Å². The van der Waals surface area contributed by atoms with E-state index in [2.05, 4.69) is 23.8 Å². The minimum atomic E-state index is 0.456. The van der Waals surface area contributed by atoms with E-state index in [1.54, 1.807) is 12.4 Å². The van der Waals surface area contributed by atoms with Gasteiger partial charge in [-0.05, 0) is 24.5 Å². The Morgan fingerprint density at radius 1 is 1.50 bits per heavy atom. The highest BCUT2D eigenvalue weighted by atomic mass is 16.5. The third kappa shape index (κ3) is 1.91. The van der Waals surface area contributed by atoms with E-state index in [9.17, 15) is 4.79 Å². The summed E-state index contributed by atoms with van der Waals surface area (Å²) in [4.78, 5) is 17.7. The molecule has 0 aliphatic carbocycles. The molecule has 0 bridgehead atoms. The van der Waals surface area contributed by atoms with Crippen molar-refractivity contribution in [2.75, 3.05) is 0 Å². The lowest BCUT2D eigenvalue weighted by atomic mass is 10.0. The Balaban J connectivity index is 2.55. The van der Waals surface area contributed by atoms with E-state index in [0.29, 0.717) is 18.1 Å². The summed E-state index contributed by atoms with van der Waals surface area (Å²) < 4.78 is 4.98. The van der Waals surface area contributed by atoms with E-state index in [-0.39, 0.29) is 0 Å². The van der Waals surface area contributed by atoms with Crippen molar-refractivity contribution in [2.24, 2.45) is 5.92 Å². The van der Waals surface area contributed by atoms with Gasteiger partial charge in [0.05, 0.1) is 17.4 Å². The molecule has 2 aromatic rings. The van der Waals surface area contributed by atoms with Crippen molar-refractivity contribution < 1.29 is 9.53 Å². The first-order valence-corrected chi connectivity index (χ1v) is 5.27. The van der Waals surface area contributed by atoms with Gasteiger partial charge in [-0.2, -0.15) is 0 Å². The standard InChI is InChI=1S/C12H14N2O2/c1-8(2)5-9-11(16-7-15)4-3-10-12(9)14-6-13-10/h3-4,6-8H,5H2,1-2H3,(H,13,14). The lowest BCUT2D eigenvalue weighted by molar-refractivity contribution is -0.120.